The van der Waals surface area contributed by atoms with E-state index in [0.717, 1.165) is 5.56 Å². The Hall–Kier alpha value is -1.35. The summed E-state index contributed by atoms with van der Waals surface area (Å²) in [4.78, 5) is 11.2. The van der Waals surface area contributed by atoms with Gasteiger partial charge in [-0.15, -0.1) is 0 Å². The molecule has 0 spiro atoms. The molecule has 1 rings (SSSR count). The molecule has 0 saturated heterocycles. The summed E-state index contributed by atoms with van der Waals surface area (Å²) in [6, 6.07) is 9.69. The summed E-state index contributed by atoms with van der Waals surface area (Å²) in [5.41, 5.74) is 6.35. The van der Waals surface area contributed by atoms with Crippen LogP contribution >= 0.6 is 0 Å². The van der Waals surface area contributed by atoms with Gasteiger partial charge in [-0.1, -0.05) is 30.3 Å². The summed E-state index contributed by atoms with van der Waals surface area (Å²) >= 11 is 0. The molecule has 0 radical (unpaired) electrons. The van der Waals surface area contributed by atoms with Gasteiger partial charge in [0.1, 0.15) is 0 Å². The summed E-state index contributed by atoms with van der Waals surface area (Å²) < 4.78 is 0. The van der Waals surface area contributed by atoms with Gasteiger partial charge < -0.3 is 10.8 Å². The Kier molecular flexibility index (Phi) is 4.31. The number of hydrogen-bond donors (Lipinski definition) is 2. The van der Waals surface area contributed by atoms with Gasteiger partial charge in [-0.3, -0.25) is 4.79 Å². The highest BCUT2D eigenvalue weighted by Crippen LogP contribution is 2.13. The number of primary amides is 1. The predicted octanol–water partition coefficient (Wildman–Crippen LogP) is 1.10. The zero-order valence-electron chi connectivity index (χ0n) is 8.89. The number of carbonyl (C=O) groups is 1. The van der Waals surface area contributed by atoms with Crippen molar-refractivity contribution in [3.63, 3.8) is 0 Å². The van der Waals surface area contributed by atoms with Crippen molar-refractivity contribution in [1.82, 2.24) is 0 Å². The predicted molar refractivity (Wildman–Crippen MR) is 59.1 cm³/mol. The van der Waals surface area contributed by atoms with E-state index in [1.807, 2.05) is 30.3 Å². The Bertz CT molecular complexity index is 309. The molecule has 15 heavy (non-hydrogen) atoms. The van der Waals surface area contributed by atoms with Crippen molar-refractivity contribution in [3.05, 3.63) is 35.9 Å². The summed E-state index contributed by atoms with van der Waals surface area (Å²) in [6.45, 7) is 1.67. The molecule has 3 N–H and O–H groups in total. The van der Waals surface area contributed by atoms with Crippen LogP contribution in [0.1, 0.15) is 18.9 Å². The summed E-state index contributed by atoms with van der Waals surface area (Å²) in [7, 11) is 0. The third-order valence-electron chi connectivity index (χ3n) is 2.35. The van der Waals surface area contributed by atoms with Crippen molar-refractivity contribution in [2.75, 3.05) is 0 Å². The number of aliphatic hydroxyl groups is 1. The molecular weight excluding hydrogens is 190 g/mol. The number of nitrogens with two attached hydrogens (primary N) is 1. The van der Waals surface area contributed by atoms with Crippen LogP contribution in [-0.2, 0) is 11.2 Å². The number of amides is 1. The SMILES string of the molecule is C[C@H](O)C[C@@H](Cc1ccccc1)C(N)=O. The minimum absolute atomic E-state index is 0.285. The summed E-state index contributed by atoms with van der Waals surface area (Å²) in [6.07, 6.45) is 0.525. The molecule has 1 aromatic carbocycles. The highest BCUT2D eigenvalue weighted by Gasteiger charge is 2.17. The summed E-state index contributed by atoms with van der Waals surface area (Å²) in [5.74, 6) is -0.632. The molecule has 0 bridgehead atoms. The van der Waals surface area contributed by atoms with E-state index in [0.29, 0.717) is 12.8 Å². The lowest BCUT2D eigenvalue weighted by atomic mass is 9.93. The smallest absolute Gasteiger partial charge is 0.220 e. The highest BCUT2D eigenvalue weighted by molar-refractivity contribution is 5.77. The van der Waals surface area contributed by atoms with Gasteiger partial charge in [0, 0.05) is 5.92 Å². The Morgan fingerprint density at radius 3 is 2.47 bits per heavy atom. The molecule has 2 atom stereocenters. The molecule has 1 aromatic rings. The second kappa shape index (κ2) is 5.51. The van der Waals surface area contributed by atoms with Gasteiger partial charge in [0.25, 0.3) is 0 Å². The highest BCUT2D eigenvalue weighted by atomic mass is 16.3. The first kappa shape index (κ1) is 11.7. The molecular formula is C12H17NO2. The number of benzene rings is 1. The van der Waals surface area contributed by atoms with E-state index in [1.165, 1.54) is 0 Å². The van der Waals surface area contributed by atoms with Crippen LogP contribution in [0.5, 0.6) is 0 Å². The maximum Gasteiger partial charge on any atom is 0.220 e. The van der Waals surface area contributed by atoms with Crippen molar-refractivity contribution in [3.8, 4) is 0 Å². The van der Waals surface area contributed by atoms with Crippen LogP contribution in [0, 0.1) is 5.92 Å². The first-order chi connectivity index (χ1) is 7.09. The average molecular weight is 207 g/mol. The minimum atomic E-state index is -0.494. The largest absolute Gasteiger partial charge is 0.393 e. The zero-order valence-corrected chi connectivity index (χ0v) is 8.89. The lowest BCUT2D eigenvalue weighted by Crippen LogP contribution is -2.28. The van der Waals surface area contributed by atoms with Crippen LogP contribution in [-0.4, -0.2) is 17.1 Å². The molecule has 3 heteroatoms. The Labute approximate surface area is 89.9 Å². The van der Waals surface area contributed by atoms with E-state index in [4.69, 9.17) is 5.73 Å². The number of hydrogen-bond acceptors (Lipinski definition) is 2. The van der Waals surface area contributed by atoms with Gasteiger partial charge >= 0.3 is 0 Å². The van der Waals surface area contributed by atoms with Crippen LogP contribution in [0.4, 0.5) is 0 Å². The average Bonchev–Trinajstić information content (AvgIpc) is 2.17. The Morgan fingerprint density at radius 2 is 2.00 bits per heavy atom. The van der Waals surface area contributed by atoms with Gasteiger partial charge in [-0.2, -0.15) is 0 Å². The maximum atomic E-state index is 11.2. The molecule has 0 heterocycles. The van der Waals surface area contributed by atoms with Gasteiger partial charge in [-0.05, 0) is 25.3 Å². The van der Waals surface area contributed by atoms with Crippen LogP contribution in [0.25, 0.3) is 0 Å². The first-order valence-electron chi connectivity index (χ1n) is 5.11. The monoisotopic (exact) mass is 207 g/mol. The molecule has 0 aliphatic heterocycles. The fraction of sp³-hybridized carbons (Fsp3) is 0.417. The fourth-order valence-corrected chi connectivity index (χ4v) is 1.61. The molecule has 0 fully saturated rings. The van der Waals surface area contributed by atoms with Crippen molar-refractivity contribution >= 4 is 5.91 Å². The fourth-order valence-electron chi connectivity index (χ4n) is 1.61. The molecule has 0 aromatic heterocycles. The van der Waals surface area contributed by atoms with Gasteiger partial charge in [-0.25, -0.2) is 0 Å². The number of aliphatic hydroxyl groups excluding tert-OH is 1. The Morgan fingerprint density at radius 1 is 1.40 bits per heavy atom. The molecule has 3 nitrogen and oxygen atoms in total. The molecule has 0 saturated carbocycles. The van der Waals surface area contributed by atoms with E-state index >= 15 is 0 Å². The van der Waals surface area contributed by atoms with E-state index in [9.17, 15) is 9.90 Å². The quantitative estimate of drug-likeness (QED) is 0.759. The molecule has 82 valence electrons. The second-order valence-electron chi connectivity index (χ2n) is 3.87. The zero-order chi connectivity index (χ0) is 11.3. The van der Waals surface area contributed by atoms with E-state index in [2.05, 4.69) is 0 Å². The maximum absolute atomic E-state index is 11.2. The van der Waals surface area contributed by atoms with Crippen molar-refractivity contribution in [2.45, 2.75) is 25.9 Å². The second-order valence-corrected chi connectivity index (χ2v) is 3.87. The molecule has 0 aliphatic rings. The molecule has 0 unspecified atom stereocenters. The first-order valence-corrected chi connectivity index (χ1v) is 5.11. The standard InChI is InChI=1S/C12H17NO2/c1-9(14)7-11(12(13)15)8-10-5-3-2-4-6-10/h2-6,9,11,14H,7-8H2,1H3,(H2,13,15)/t9-,11-/m0/s1. The third-order valence-corrected chi connectivity index (χ3v) is 2.35. The van der Waals surface area contributed by atoms with Gasteiger partial charge in [0.2, 0.25) is 5.91 Å². The number of rotatable bonds is 5. The van der Waals surface area contributed by atoms with Crippen molar-refractivity contribution < 1.29 is 9.90 Å². The van der Waals surface area contributed by atoms with Crippen LogP contribution in [0.15, 0.2) is 30.3 Å². The van der Waals surface area contributed by atoms with Gasteiger partial charge in [0.15, 0.2) is 0 Å². The lowest BCUT2D eigenvalue weighted by molar-refractivity contribution is -0.122. The number of carbonyl (C=O) groups excluding carboxylic acids is 1. The molecule has 0 aliphatic carbocycles. The summed E-state index contributed by atoms with van der Waals surface area (Å²) in [5, 5.41) is 9.24. The third kappa shape index (κ3) is 4.13. The van der Waals surface area contributed by atoms with Gasteiger partial charge in [0.05, 0.1) is 6.10 Å². The van der Waals surface area contributed by atoms with Crippen molar-refractivity contribution in [1.29, 1.82) is 0 Å². The van der Waals surface area contributed by atoms with Crippen LogP contribution in [0.2, 0.25) is 0 Å². The van der Waals surface area contributed by atoms with E-state index < -0.39 is 6.10 Å². The van der Waals surface area contributed by atoms with Crippen molar-refractivity contribution in [2.24, 2.45) is 11.7 Å². The van der Waals surface area contributed by atoms with Crippen LogP contribution < -0.4 is 5.73 Å². The van der Waals surface area contributed by atoms with E-state index in [1.54, 1.807) is 6.92 Å². The molecule has 1 amide bonds. The van der Waals surface area contributed by atoms with E-state index in [-0.39, 0.29) is 11.8 Å². The Balaban J connectivity index is 2.63. The minimum Gasteiger partial charge on any atom is -0.393 e. The lowest BCUT2D eigenvalue weighted by Gasteiger charge is -2.14. The normalized spacial score (nSPS) is 14.5. The topological polar surface area (TPSA) is 63.3 Å². The van der Waals surface area contributed by atoms with Crippen LogP contribution in [0.3, 0.4) is 0 Å².